The molecule has 3 aromatic rings. The quantitative estimate of drug-likeness (QED) is 0.217. The number of benzene rings is 1. The number of hydrogen-bond donors (Lipinski definition) is 1. The average molecular weight is 674 g/mol. The third-order valence-electron chi connectivity index (χ3n) is 7.97. The maximum absolute atomic E-state index is 13.5. The maximum Gasteiger partial charge on any atom is 0.329 e. The fourth-order valence-electron chi connectivity index (χ4n) is 5.42. The molecule has 1 N–H and O–H groups in total. The average Bonchev–Trinajstić information content (AvgIpc) is 3.30. The second-order valence-corrected chi connectivity index (χ2v) is 13.3. The Morgan fingerprint density at radius 3 is 2.80 bits per heavy atom. The van der Waals surface area contributed by atoms with E-state index in [9.17, 15) is 9.59 Å². The van der Waals surface area contributed by atoms with Gasteiger partial charge in [0.2, 0.25) is 5.91 Å². The first kappa shape index (κ1) is 27.3. The molecule has 0 bridgehead atoms. The molecule has 1 saturated carbocycles. The van der Waals surface area contributed by atoms with Gasteiger partial charge in [-0.2, -0.15) is 0 Å². The van der Waals surface area contributed by atoms with E-state index < -0.39 is 6.04 Å². The van der Waals surface area contributed by atoms with Gasteiger partial charge < -0.3 is 19.7 Å². The molecule has 0 spiro atoms. The number of carbonyl (C=O) groups is 2. The van der Waals surface area contributed by atoms with E-state index in [0.717, 1.165) is 28.0 Å². The molecule has 3 aliphatic rings. The van der Waals surface area contributed by atoms with Crippen molar-refractivity contribution in [2.75, 3.05) is 20.2 Å². The third kappa shape index (κ3) is 5.13. The zero-order valence-corrected chi connectivity index (χ0v) is 25.9. The molecule has 210 valence electrons. The molecular formula is C29H32IN5O4S. The lowest BCUT2D eigenvalue weighted by Crippen LogP contribution is -2.51. The lowest BCUT2D eigenvalue weighted by atomic mass is 10.1. The lowest BCUT2D eigenvalue weighted by molar-refractivity contribution is -0.125. The number of hydrogen-bond acceptors (Lipinski definition) is 7. The summed E-state index contributed by atoms with van der Waals surface area (Å²) in [5, 5.41) is 6.92. The van der Waals surface area contributed by atoms with Crippen LogP contribution in [-0.2, 0) is 4.79 Å². The van der Waals surface area contributed by atoms with Gasteiger partial charge >= 0.3 is 6.03 Å². The summed E-state index contributed by atoms with van der Waals surface area (Å²) >= 11 is 3.59. The van der Waals surface area contributed by atoms with Gasteiger partial charge in [0, 0.05) is 40.8 Å². The molecule has 4 atom stereocenters. The number of thiazole rings is 1. The zero-order chi connectivity index (χ0) is 28.2. The molecule has 1 saturated heterocycles. The van der Waals surface area contributed by atoms with Gasteiger partial charge in [0.05, 0.1) is 54.3 Å². The van der Waals surface area contributed by atoms with Crippen LogP contribution in [0, 0.1) is 5.92 Å². The number of nitrogens with zero attached hydrogens (tertiary/aromatic N) is 4. The Kier molecular flexibility index (Phi) is 7.14. The lowest BCUT2D eigenvalue weighted by Gasteiger charge is -2.27. The summed E-state index contributed by atoms with van der Waals surface area (Å²) in [5.41, 5.74) is 2.20. The largest absolute Gasteiger partial charge is 0.497 e. The van der Waals surface area contributed by atoms with E-state index in [1.54, 1.807) is 26.5 Å². The van der Waals surface area contributed by atoms with Crippen LogP contribution in [0.1, 0.15) is 45.2 Å². The highest BCUT2D eigenvalue weighted by atomic mass is 127. The molecule has 1 aliphatic carbocycles. The molecule has 1 aromatic carbocycles. The highest BCUT2D eigenvalue weighted by molar-refractivity contribution is 14.1. The normalized spacial score (nSPS) is 27.2. The first-order valence-electron chi connectivity index (χ1n) is 13.5. The van der Waals surface area contributed by atoms with Gasteiger partial charge in [0.25, 0.3) is 0 Å². The molecule has 40 heavy (non-hydrogen) atoms. The molecule has 2 aliphatic heterocycles. The van der Waals surface area contributed by atoms with E-state index in [2.05, 4.69) is 37.5 Å². The third-order valence-corrected chi connectivity index (χ3v) is 9.66. The van der Waals surface area contributed by atoms with Crippen LogP contribution in [0.3, 0.4) is 0 Å². The number of ether oxygens (including phenoxy) is 2. The second-order valence-electron chi connectivity index (χ2n) is 11.2. The van der Waals surface area contributed by atoms with E-state index in [1.807, 2.05) is 53.2 Å². The van der Waals surface area contributed by atoms with Gasteiger partial charge in [-0.1, -0.05) is 26.0 Å². The first-order chi connectivity index (χ1) is 19.1. The minimum Gasteiger partial charge on any atom is -0.497 e. The van der Waals surface area contributed by atoms with Crippen LogP contribution in [0.15, 0.2) is 41.8 Å². The highest BCUT2D eigenvalue weighted by Gasteiger charge is 2.52. The summed E-state index contributed by atoms with van der Waals surface area (Å²) in [6.45, 7) is 7.10. The van der Waals surface area contributed by atoms with Crippen LogP contribution in [0.4, 0.5) is 4.79 Å². The van der Waals surface area contributed by atoms with Crippen molar-refractivity contribution in [3.05, 3.63) is 47.5 Å². The van der Waals surface area contributed by atoms with Crippen LogP contribution < -0.4 is 14.8 Å². The van der Waals surface area contributed by atoms with Gasteiger partial charge in [-0.25, -0.2) is 14.8 Å². The molecule has 3 amide bonds. The van der Waals surface area contributed by atoms with Crippen molar-refractivity contribution in [3.63, 3.8) is 0 Å². The molecule has 4 heterocycles. The summed E-state index contributed by atoms with van der Waals surface area (Å²) in [7, 11) is 1.63. The number of carbonyl (C=O) groups excluding carboxylic acids is 2. The van der Waals surface area contributed by atoms with Crippen LogP contribution in [0.5, 0.6) is 11.5 Å². The smallest absolute Gasteiger partial charge is 0.329 e. The Morgan fingerprint density at radius 2 is 2.05 bits per heavy atom. The Labute approximate surface area is 251 Å². The number of amides is 3. The summed E-state index contributed by atoms with van der Waals surface area (Å²) in [6, 6.07) is 6.82. The number of aromatic nitrogens is 2. The Balaban J connectivity index is 1.33. The van der Waals surface area contributed by atoms with E-state index in [0.29, 0.717) is 42.6 Å². The topological polar surface area (TPSA) is 96.9 Å². The van der Waals surface area contributed by atoms with Crippen molar-refractivity contribution < 1.29 is 19.1 Å². The van der Waals surface area contributed by atoms with E-state index >= 15 is 0 Å². The van der Waals surface area contributed by atoms with Crippen molar-refractivity contribution in [2.45, 2.75) is 57.2 Å². The minimum absolute atomic E-state index is 0.126. The number of halogens is 1. The van der Waals surface area contributed by atoms with Gasteiger partial charge in [-0.3, -0.25) is 7.91 Å². The number of methoxy groups -OCH3 is 1. The van der Waals surface area contributed by atoms with Gasteiger partial charge in [-0.15, -0.1) is 11.3 Å². The molecule has 2 fully saturated rings. The van der Waals surface area contributed by atoms with Gasteiger partial charge in [0.15, 0.2) is 0 Å². The Morgan fingerprint density at radius 1 is 1.23 bits per heavy atom. The number of nitrogens with one attached hydrogen (secondary N) is 1. The fraction of sp³-hybridized carbons (Fsp3) is 0.448. The standard InChI is InChI=1S/C29H32IN5O4S/c1-16(2)23-15-40-27(32-23)22-12-25(20-8-7-18(38-4)10-21(20)31-22)39-19-11-24-26(36)33-29(3)13-17(29)6-5-9-35(30)28(37)34(24)14-19/h5-8,10,12,15-17,19,24H,9,11,13-14H2,1-4H3,(H,33,36)/b6-5-/t17?,19?,24?,29-/m1/s1. The molecular weight excluding hydrogens is 641 g/mol. The first-order valence-corrected chi connectivity index (χ1v) is 15.3. The minimum atomic E-state index is -0.605. The van der Waals surface area contributed by atoms with Crippen LogP contribution >= 0.6 is 34.2 Å². The molecule has 9 nitrogen and oxygen atoms in total. The van der Waals surface area contributed by atoms with Crippen molar-refractivity contribution in [2.24, 2.45) is 5.92 Å². The SMILES string of the molecule is COc1ccc2c(OC3CC4C(=O)N[C@]5(C)CC5/C=C\CN(I)C(=O)N4C3)cc(-c3nc(C(C)C)cs3)nc2c1. The van der Waals surface area contributed by atoms with Crippen molar-refractivity contribution >= 4 is 57.0 Å². The number of pyridine rings is 1. The number of urea groups is 1. The fourth-order valence-corrected chi connectivity index (χ4v) is 6.87. The highest BCUT2D eigenvalue weighted by Crippen LogP contribution is 2.45. The molecule has 3 unspecified atom stereocenters. The van der Waals surface area contributed by atoms with Crippen molar-refractivity contribution in [3.8, 4) is 22.2 Å². The summed E-state index contributed by atoms with van der Waals surface area (Å²) in [4.78, 5) is 38.2. The van der Waals surface area contributed by atoms with Crippen molar-refractivity contribution in [1.82, 2.24) is 23.3 Å². The molecule has 11 heteroatoms. The van der Waals surface area contributed by atoms with E-state index in [-0.39, 0.29) is 29.5 Å². The number of rotatable bonds is 5. The van der Waals surface area contributed by atoms with Crippen LogP contribution in [-0.4, -0.2) is 67.8 Å². The van der Waals surface area contributed by atoms with Crippen LogP contribution in [0.2, 0.25) is 0 Å². The van der Waals surface area contributed by atoms with E-state index in [4.69, 9.17) is 19.4 Å². The zero-order valence-electron chi connectivity index (χ0n) is 22.9. The van der Waals surface area contributed by atoms with Crippen molar-refractivity contribution in [1.29, 1.82) is 0 Å². The maximum atomic E-state index is 13.5. The van der Waals surface area contributed by atoms with Crippen LogP contribution in [0.25, 0.3) is 21.6 Å². The predicted molar refractivity (Wildman–Crippen MR) is 163 cm³/mol. The van der Waals surface area contributed by atoms with Gasteiger partial charge in [0.1, 0.15) is 34.3 Å². The molecule has 2 aromatic heterocycles. The predicted octanol–water partition coefficient (Wildman–Crippen LogP) is 5.55. The summed E-state index contributed by atoms with van der Waals surface area (Å²) < 4.78 is 13.7. The Hall–Kier alpha value is -2.93. The monoisotopic (exact) mass is 673 g/mol. The Bertz CT molecular complexity index is 1510. The summed E-state index contributed by atoms with van der Waals surface area (Å²) in [5.74, 6) is 1.82. The summed E-state index contributed by atoms with van der Waals surface area (Å²) in [6.07, 6.45) is 5.06. The van der Waals surface area contributed by atoms with Gasteiger partial charge in [-0.05, 0) is 31.4 Å². The second kappa shape index (κ2) is 10.5. The molecule has 6 rings (SSSR count). The molecule has 0 radical (unpaired) electrons. The number of fused-ring (bicyclic) bond motifs is 3. The van der Waals surface area contributed by atoms with E-state index in [1.165, 1.54) is 0 Å².